The number of hydrogen-bond acceptors (Lipinski definition) is 14. The number of phosphoric ester groups is 1. The molecule has 3 aliphatic rings. The van der Waals surface area contributed by atoms with Crippen molar-refractivity contribution in [3.05, 3.63) is 133 Å². The van der Waals surface area contributed by atoms with Gasteiger partial charge in [0.15, 0.2) is 0 Å². The predicted molar refractivity (Wildman–Crippen MR) is 216 cm³/mol. The van der Waals surface area contributed by atoms with Crippen LogP contribution in [0.2, 0.25) is 0 Å². The number of fused-ring (bicyclic) bond motifs is 2. The molecule has 0 saturated carbocycles. The first-order valence-corrected chi connectivity index (χ1v) is 19.7. The number of nitrogens with two attached hydrogens (primary N) is 1. The Morgan fingerprint density at radius 3 is 2.62 bits per heavy atom. The summed E-state index contributed by atoms with van der Waals surface area (Å²) in [6, 6.07) is 19.4. The number of nitro benzene ring substituents is 1. The minimum atomic E-state index is -4.81. The highest BCUT2D eigenvalue weighted by Crippen LogP contribution is 2.42. The number of aliphatic hydroxyl groups is 1. The van der Waals surface area contributed by atoms with Crippen LogP contribution in [0.3, 0.4) is 0 Å². The van der Waals surface area contributed by atoms with Gasteiger partial charge in [0, 0.05) is 76.3 Å². The van der Waals surface area contributed by atoms with Gasteiger partial charge in [-0.2, -0.15) is 4.98 Å². The first kappa shape index (κ1) is 41.9. The van der Waals surface area contributed by atoms with Gasteiger partial charge in [-0.05, 0) is 66.2 Å². The van der Waals surface area contributed by atoms with Crippen LogP contribution in [0.25, 0.3) is 33.4 Å². The first-order chi connectivity index (χ1) is 29.0. The lowest BCUT2D eigenvalue weighted by Crippen LogP contribution is -2.28. The van der Waals surface area contributed by atoms with E-state index in [1.54, 1.807) is 30.3 Å². The van der Waals surface area contributed by atoms with Crippen LogP contribution in [0.15, 0.2) is 94.3 Å². The number of nitrogen functional groups attached to an aromatic ring is 1. The Balaban J connectivity index is 1.03. The number of aromatic carboxylic acids is 1. The number of ether oxygens (including phenoxy) is 1. The first-order valence-electron chi connectivity index (χ1n) is 18.1. The third kappa shape index (κ3) is 9.48. The molecule has 3 atom stereocenters. The summed E-state index contributed by atoms with van der Waals surface area (Å²) in [7, 11) is -4.81. The number of nitrogens with one attached hydrogen (secondary N) is 3. The molecule has 1 aliphatic carbocycles. The van der Waals surface area contributed by atoms with Crippen molar-refractivity contribution < 1.29 is 52.8 Å². The molecule has 0 radical (unpaired) electrons. The number of aromatic nitrogens is 2. The van der Waals surface area contributed by atoms with Crippen LogP contribution in [0.1, 0.15) is 44.5 Å². The highest BCUT2D eigenvalue weighted by atomic mass is 31.2. The molecule has 7 rings (SSSR count). The Labute approximate surface area is 343 Å². The zero-order valence-electron chi connectivity index (χ0n) is 31.5. The van der Waals surface area contributed by atoms with Crippen LogP contribution in [0.5, 0.6) is 0 Å². The molecular weight excluding hydrogens is 817 g/mol. The minimum absolute atomic E-state index is 0.0749. The summed E-state index contributed by atoms with van der Waals surface area (Å²) < 4.78 is 28.0. The quantitative estimate of drug-likeness (QED) is 0.0218. The summed E-state index contributed by atoms with van der Waals surface area (Å²) in [6.07, 6.45) is -2.01. The summed E-state index contributed by atoms with van der Waals surface area (Å²) in [5.41, 5.74) is 7.46. The van der Waals surface area contributed by atoms with Gasteiger partial charge < -0.3 is 50.9 Å². The molecule has 2 aliphatic heterocycles. The second-order valence-electron chi connectivity index (χ2n) is 13.7. The standard InChI is InChI=1S/C40H34N7O13P/c41-24-6-9-27-32(16-24)59-33-17-25(42)7-10-28(33)37(27)29-15-22(5-8-26(29)39(50)51)38(49)43-12-1-2-21-3-4-23(30(14-21)47(53)54)19-44-35-11-13-46(40(52)45-35)36-18-31(48)34(60-36)20-58-61(55,56)57/h3-11,13-17,31,34,36,41,48H,12,18-20,42H2,(H,43,49)(H,50,51)(H,44,45,52)(H2,55,56,57)/t31-,34-,36-/m1/s1. The SMILES string of the molecule is N=c1ccc2c(-c3cc(C(=O)NCC#Cc4ccc(CNc5ccn([C@H]6C[C@@H](O)[C@@H](COP(=O)(O)O)O6)c(=O)n5)c([N+](=O)[O-])c4)ccc3C(=O)O)c3ccc(N)cc3oc-2c1. The van der Waals surface area contributed by atoms with E-state index in [4.69, 9.17) is 30.1 Å². The molecule has 0 bridgehead atoms. The fraction of sp³-hybridized carbons (Fsp3) is 0.175. The summed E-state index contributed by atoms with van der Waals surface area (Å²) in [5.74, 6) is 4.14. The number of carboxylic acid groups (broad SMARTS) is 1. The van der Waals surface area contributed by atoms with Gasteiger partial charge in [-0.3, -0.25) is 24.0 Å². The number of nitro groups is 1. The molecule has 0 spiro atoms. The summed E-state index contributed by atoms with van der Waals surface area (Å²) in [4.78, 5) is 71.7. The van der Waals surface area contributed by atoms with Crippen molar-refractivity contribution in [2.24, 2.45) is 0 Å². The third-order valence-corrected chi connectivity index (χ3v) is 10.1. The molecular formula is C40H34N7O13P. The lowest BCUT2D eigenvalue weighted by Gasteiger charge is -2.17. The van der Waals surface area contributed by atoms with Crippen molar-refractivity contribution in [2.45, 2.75) is 31.4 Å². The lowest BCUT2D eigenvalue weighted by molar-refractivity contribution is -0.385. The van der Waals surface area contributed by atoms with Crippen molar-refractivity contribution >= 4 is 47.9 Å². The van der Waals surface area contributed by atoms with Gasteiger partial charge in [0.2, 0.25) is 0 Å². The van der Waals surface area contributed by atoms with Crippen molar-refractivity contribution in [3.8, 4) is 34.3 Å². The number of amides is 1. The topological polar surface area (TPSA) is 316 Å². The predicted octanol–water partition coefficient (Wildman–Crippen LogP) is 3.58. The number of carboxylic acids is 1. The molecule has 1 aromatic heterocycles. The van der Waals surface area contributed by atoms with Crippen LogP contribution in [-0.2, 0) is 20.4 Å². The third-order valence-electron chi connectivity index (χ3n) is 9.59. The minimum Gasteiger partial charge on any atom is -0.478 e. The number of nitrogens with zero attached hydrogens (tertiary/aromatic N) is 3. The fourth-order valence-electron chi connectivity index (χ4n) is 6.73. The maximum Gasteiger partial charge on any atom is 0.469 e. The Hall–Kier alpha value is -7.24. The van der Waals surface area contributed by atoms with Crippen molar-refractivity contribution in [2.75, 3.05) is 24.2 Å². The number of benzene rings is 4. The van der Waals surface area contributed by atoms with E-state index >= 15 is 0 Å². The van der Waals surface area contributed by atoms with E-state index in [0.717, 1.165) is 4.57 Å². The average Bonchev–Trinajstić information content (AvgIpc) is 3.58. The van der Waals surface area contributed by atoms with E-state index in [9.17, 15) is 39.3 Å². The molecule has 1 saturated heterocycles. The summed E-state index contributed by atoms with van der Waals surface area (Å²) in [5, 5.41) is 46.6. The highest BCUT2D eigenvalue weighted by molar-refractivity contribution is 7.46. The zero-order valence-corrected chi connectivity index (χ0v) is 32.4. The van der Waals surface area contributed by atoms with E-state index in [1.165, 1.54) is 54.7 Å². The van der Waals surface area contributed by atoms with E-state index in [0.29, 0.717) is 33.5 Å². The molecule has 9 N–H and O–H groups in total. The zero-order chi connectivity index (χ0) is 43.6. The smallest absolute Gasteiger partial charge is 0.469 e. The molecule has 1 fully saturated rings. The Morgan fingerprint density at radius 2 is 1.89 bits per heavy atom. The molecule has 312 valence electrons. The number of aliphatic hydroxyl groups excluding tert-OH is 1. The molecule has 0 unspecified atom stereocenters. The Morgan fingerprint density at radius 1 is 1.08 bits per heavy atom. The van der Waals surface area contributed by atoms with Gasteiger partial charge in [0.05, 0.1) is 35.1 Å². The largest absolute Gasteiger partial charge is 0.478 e. The second kappa shape index (κ2) is 17.2. The van der Waals surface area contributed by atoms with Gasteiger partial charge in [-0.15, -0.1) is 0 Å². The van der Waals surface area contributed by atoms with Crippen molar-refractivity contribution in [1.29, 1.82) is 5.41 Å². The molecule has 3 heterocycles. The molecule has 61 heavy (non-hydrogen) atoms. The molecule has 3 aromatic carbocycles. The van der Waals surface area contributed by atoms with Crippen LogP contribution in [0, 0.1) is 27.4 Å². The molecule has 20 nitrogen and oxygen atoms in total. The number of rotatable bonds is 12. The summed E-state index contributed by atoms with van der Waals surface area (Å²) >= 11 is 0. The van der Waals surface area contributed by atoms with Gasteiger partial charge in [0.1, 0.15) is 29.5 Å². The number of carbonyl (C=O) groups is 2. The van der Waals surface area contributed by atoms with Gasteiger partial charge in [0.25, 0.3) is 11.6 Å². The number of anilines is 2. The van der Waals surface area contributed by atoms with Crippen LogP contribution >= 0.6 is 7.82 Å². The summed E-state index contributed by atoms with van der Waals surface area (Å²) in [6.45, 7) is -0.882. The number of hydrogen-bond donors (Lipinski definition) is 8. The molecule has 21 heteroatoms. The van der Waals surface area contributed by atoms with E-state index in [-0.39, 0.29) is 64.2 Å². The van der Waals surface area contributed by atoms with Crippen molar-refractivity contribution in [3.63, 3.8) is 0 Å². The second-order valence-corrected chi connectivity index (χ2v) is 14.9. The molecule has 4 aromatic rings. The monoisotopic (exact) mass is 851 g/mol. The normalized spacial score (nSPS) is 16.2. The Kier molecular flexibility index (Phi) is 11.8. The Bertz CT molecular complexity index is 2940. The fourth-order valence-corrected chi connectivity index (χ4v) is 7.07. The number of phosphoric acid groups is 1. The van der Waals surface area contributed by atoms with Gasteiger partial charge in [-0.1, -0.05) is 11.8 Å². The van der Waals surface area contributed by atoms with Crippen LogP contribution < -0.4 is 27.4 Å². The van der Waals surface area contributed by atoms with Crippen LogP contribution in [0.4, 0.5) is 17.2 Å². The van der Waals surface area contributed by atoms with Gasteiger partial charge >= 0.3 is 19.5 Å². The highest BCUT2D eigenvalue weighted by Gasteiger charge is 2.37. The molecule has 1 amide bonds. The van der Waals surface area contributed by atoms with Crippen LogP contribution in [-0.4, -0.2) is 71.7 Å². The van der Waals surface area contributed by atoms with Crippen molar-refractivity contribution in [1.82, 2.24) is 14.9 Å². The van der Waals surface area contributed by atoms with E-state index < -0.39 is 55.4 Å². The average molecular weight is 852 g/mol. The number of carbonyl (C=O) groups excluding carboxylic acids is 1. The maximum absolute atomic E-state index is 13.3. The maximum atomic E-state index is 13.3. The van der Waals surface area contributed by atoms with Gasteiger partial charge in [-0.25, -0.2) is 14.2 Å². The lowest BCUT2D eigenvalue weighted by atomic mass is 9.89. The van der Waals surface area contributed by atoms with E-state index in [1.807, 2.05) is 0 Å². The van der Waals surface area contributed by atoms with E-state index in [2.05, 4.69) is 32.0 Å².